The first kappa shape index (κ1) is 15.6. The van der Waals surface area contributed by atoms with Gasteiger partial charge in [0, 0.05) is 26.6 Å². The molecule has 7 heteroatoms. The van der Waals surface area contributed by atoms with E-state index in [4.69, 9.17) is 10.5 Å². The first-order valence-electron chi connectivity index (χ1n) is 7.74. The Bertz CT molecular complexity index is 720. The van der Waals surface area contributed by atoms with Crippen LogP contribution in [0, 0.1) is 0 Å². The third kappa shape index (κ3) is 3.10. The highest BCUT2D eigenvalue weighted by Crippen LogP contribution is 2.30. The fourth-order valence-electron chi connectivity index (χ4n) is 2.91. The zero-order valence-electron chi connectivity index (χ0n) is 13.5. The van der Waals surface area contributed by atoms with Crippen molar-refractivity contribution in [2.75, 3.05) is 44.0 Å². The lowest BCUT2D eigenvalue weighted by Crippen LogP contribution is -2.36. The van der Waals surface area contributed by atoms with Gasteiger partial charge in [0.25, 0.3) is 0 Å². The van der Waals surface area contributed by atoms with Crippen LogP contribution in [0.15, 0.2) is 12.1 Å². The number of benzene rings is 1. The molecule has 124 valence electrons. The Hall–Kier alpha value is -2.28. The molecular formula is C16H22N4O3. The summed E-state index contributed by atoms with van der Waals surface area (Å²) in [6.07, 6.45) is 0.865. The summed E-state index contributed by atoms with van der Waals surface area (Å²) in [7, 11) is 3.34. The normalized spacial score (nSPS) is 15.1. The number of methoxy groups -OCH3 is 1. The number of hydrogen-bond donors (Lipinski definition) is 1. The van der Waals surface area contributed by atoms with Crippen LogP contribution in [0.3, 0.4) is 0 Å². The van der Waals surface area contributed by atoms with Gasteiger partial charge in [-0.25, -0.2) is 4.98 Å². The SMILES string of the molecule is COC(=O)CCc1nc2cc(N3CCOCC3)c(N)cc2n1C. The maximum atomic E-state index is 11.3. The number of nitrogens with two attached hydrogens (primary N) is 1. The topological polar surface area (TPSA) is 82.6 Å². The number of nitrogen functional groups attached to an aromatic ring is 1. The lowest BCUT2D eigenvalue weighted by molar-refractivity contribution is -0.140. The number of fused-ring (bicyclic) bond motifs is 1. The number of anilines is 2. The molecule has 1 fully saturated rings. The molecule has 0 saturated carbocycles. The Morgan fingerprint density at radius 3 is 2.83 bits per heavy atom. The van der Waals surface area contributed by atoms with E-state index in [9.17, 15) is 4.79 Å². The van der Waals surface area contributed by atoms with Crippen LogP contribution in [0.25, 0.3) is 11.0 Å². The molecule has 2 N–H and O–H groups in total. The van der Waals surface area contributed by atoms with Crippen molar-refractivity contribution in [3.8, 4) is 0 Å². The summed E-state index contributed by atoms with van der Waals surface area (Å²) in [5.74, 6) is 0.620. The first-order valence-corrected chi connectivity index (χ1v) is 7.74. The molecule has 3 rings (SSSR count). The van der Waals surface area contributed by atoms with E-state index in [1.54, 1.807) is 0 Å². The second-order valence-electron chi connectivity index (χ2n) is 5.66. The molecule has 2 heterocycles. The largest absolute Gasteiger partial charge is 0.469 e. The van der Waals surface area contributed by atoms with Gasteiger partial charge in [0.1, 0.15) is 5.82 Å². The summed E-state index contributed by atoms with van der Waals surface area (Å²) >= 11 is 0. The summed E-state index contributed by atoms with van der Waals surface area (Å²) in [6, 6.07) is 3.98. The Balaban J connectivity index is 1.91. The van der Waals surface area contributed by atoms with Crippen molar-refractivity contribution in [1.82, 2.24) is 9.55 Å². The van der Waals surface area contributed by atoms with Gasteiger partial charge >= 0.3 is 5.97 Å². The standard InChI is InChI=1S/C16H22N4O3/c1-19-14-9-11(17)13(20-5-7-23-8-6-20)10-12(14)18-15(19)3-4-16(21)22-2/h9-10H,3-8,17H2,1-2H3. The number of hydrogen-bond acceptors (Lipinski definition) is 6. The summed E-state index contributed by atoms with van der Waals surface area (Å²) in [4.78, 5) is 18.2. The average molecular weight is 318 g/mol. The van der Waals surface area contributed by atoms with Gasteiger partial charge in [0.2, 0.25) is 0 Å². The van der Waals surface area contributed by atoms with Crippen LogP contribution < -0.4 is 10.6 Å². The van der Waals surface area contributed by atoms with Gasteiger partial charge in [0.15, 0.2) is 0 Å². The quantitative estimate of drug-likeness (QED) is 0.671. The lowest BCUT2D eigenvalue weighted by Gasteiger charge is -2.29. The minimum atomic E-state index is -0.231. The molecule has 0 atom stereocenters. The molecule has 1 aliphatic rings. The summed E-state index contributed by atoms with van der Waals surface area (Å²) < 4.78 is 12.1. The minimum Gasteiger partial charge on any atom is -0.469 e. The highest BCUT2D eigenvalue weighted by molar-refractivity contribution is 5.88. The fraction of sp³-hybridized carbons (Fsp3) is 0.500. The Kier molecular flexibility index (Phi) is 4.38. The molecule has 7 nitrogen and oxygen atoms in total. The number of morpholine rings is 1. The van der Waals surface area contributed by atoms with E-state index in [-0.39, 0.29) is 5.97 Å². The van der Waals surface area contributed by atoms with Crippen molar-refractivity contribution >= 4 is 28.4 Å². The molecule has 23 heavy (non-hydrogen) atoms. The van der Waals surface area contributed by atoms with E-state index >= 15 is 0 Å². The second kappa shape index (κ2) is 6.45. The lowest BCUT2D eigenvalue weighted by atomic mass is 10.2. The zero-order chi connectivity index (χ0) is 16.4. The van der Waals surface area contributed by atoms with Crippen LogP contribution in [0.1, 0.15) is 12.2 Å². The van der Waals surface area contributed by atoms with Crippen LogP contribution in [0.2, 0.25) is 0 Å². The van der Waals surface area contributed by atoms with Crippen molar-refractivity contribution in [1.29, 1.82) is 0 Å². The molecule has 0 spiro atoms. The summed E-state index contributed by atoms with van der Waals surface area (Å²) in [6.45, 7) is 3.09. The number of rotatable bonds is 4. The molecule has 0 amide bonds. The Morgan fingerprint density at radius 2 is 2.13 bits per heavy atom. The Morgan fingerprint density at radius 1 is 1.39 bits per heavy atom. The van der Waals surface area contributed by atoms with Gasteiger partial charge in [-0.2, -0.15) is 0 Å². The van der Waals surface area contributed by atoms with Gasteiger partial charge < -0.3 is 24.7 Å². The van der Waals surface area contributed by atoms with E-state index in [2.05, 4.69) is 14.6 Å². The smallest absolute Gasteiger partial charge is 0.305 e. The van der Waals surface area contributed by atoms with E-state index in [0.29, 0.717) is 26.1 Å². The number of aromatic nitrogens is 2. The molecule has 1 aromatic heterocycles. The number of esters is 1. The monoisotopic (exact) mass is 318 g/mol. The van der Waals surface area contributed by atoms with Gasteiger partial charge in [0.05, 0.1) is 49.2 Å². The second-order valence-corrected chi connectivity index (χ2v) is 5.66. The predicted octanol–water partition coefficient (Wildman–Crippen LogP) is 1.10. The van der Waals surface area contributed by atoms with Crippen LogP contribution in [-0.4, -0.2) is 48.9 Å². The van der Waals surface area contributed by atoms with Gasteiger partial charge in [-0.1, -0.05) is 0 Å². The van der Waals surface area contributed by atoms with Crippen molar-refractivity contribution in [2.45, 2.75) is 12.8 Å². The van der Waals surface area contributed by atoms with Crippen molar-refractivity contribution < 1.29 is 14.3 Å². The number of imidazole rings is 1. The van der Waals surface area contributed by atoms with Crippen molar-refractivity contribution in [2.24, 2.45) is 7.05 Å². The average Bonchev–Trinajstić information content (AvgIpc) is 2.88. The number of carbonyl (C=O) groups is 1. The molecule has 1 aromatic carbocycles. The van der Waals surface area contributed by atoms with Crippen LogP contribution in [-0.2, 0) is 27.7 Å². The van der Waals surface area contributed by atoms with Gasteiger partial charge in [-0.05, 0) is 12.1 Å². The molecule has 0 radical (unpaired) electrons. The third-order valence-electron chi connectivity index (χ3n) is 4.25. The molecular weight excluding hydrogens is 296 g/mol. The van der Waals surface area contributed by atoms with Gasteiger partial charge in [-0.3, -0.25) is 4.79 Å². The summed E-state index contributed by atoms with van der Waals surface area (Å²) in [5.41, 5.74) is 9.84. The number of aryl methyl sites for hydroxylation is 2. The maximum Gasteiger partial charge on any atom is 0.305 e. The molecule has 0 bridgehead atoms. The Labute approximate surface area is 135 Å². The highest BCUT2D eigenvalue weighted by atomic mass is 16.5. The van der Waals surface area contributed by atoms with Crippen molar-refractivity contribution in [3.05, 3.63) is 18.0 Å². The van der Waals surface area contributed by atoms with Crippen LogP contribution >= 0.6 is 0 Å². The molecule has 0 aliphatic carbocycles. The molecule has 2 aromatic rings. The zero-order valence-corrected chi connectivity index (χ0v) is 13.5. The van der Waals surface area contributed by atoms with Crippen molar-refractivity contribution in [3.63, 3.8) is 0 Å². The van der Waals surface area contributed by atoms with E-state index in [0.717, 1.165) is 41.3 Å². The number of nitrogens with zero attached hydrogens (tertiary/aromatic N) is 3. The van der Waals surface area contributed by atoms with E-state index in [1.807, 2.05) is 23.7 Å². The van der Waals surface area contributed by atoms with Gasteiger partial charge in [-0.15, -0.1) is 0 Å². The van der Waals surface area contributed by atoms with Crippen LogP contribution in [0.5, 0.6) is 0 Å². The maximum absolute atomic E-state index is 11.3. The highest BCUT2D eigenvalue weighted by Gasteiger charge is 2.17. The number of ether oxygens (including phenoxy) is 2. The molecule has 1 saturated heterocycles. The molecule has 1 aliphatic heterocycles. The molecule has 0 unspecified atom stereocenters. The number of carbonyl (C=O) groups excluding carboxylic acids is 1. The van der Waals surface area contributed by atoms with Crippen LogP contribution in [0.4, 0.5) is 11.4 Å². The van der Waals surface area contributed by atoms with E-state index in [1.165, 1.54) is 7.11 Å². The van der Waals surface area contributed by atoms with E-state index < -0.39 is 0 Å². The third-order valence-corrected chi connectivity index (χ3v) is 4.25. The fourth-order valence-corrected chi connectivity index (χ4v) is 2.91. The minimum absolute atomic E-state index is 0.231. The first-order chi connectivity index (χ1) is 11.1. The predicted molar refractivity (Wildman–Crippen MR) is 88.5 cm³/mol. The summed E-state index contributed by atoms with van der Waals surface area (Å²) in [5, 5.41) is 0.